The van der Waals surface area contributed by atoms with Gasteiger partial charge in [0.15, 0.2) is 5.78 Å². The number of hydrogen-bond acceptors (Lipinski definition) is 5. The lowest BCUT2D eigenvalue weighted by atomic mass is 10.1. The molecule has 0 atom stereocenters. The minimum atomic E-state index is 0.204. The number of benzene rings is 1. The number of fused-ring (bicyclic) bond motifs is 1. The van der Waals surface area contributed by atoms with E-state index < -0.39 is 0 Å². The molecule has 0 amide bonds. The van der Waals surface area contributed by atoms with Crippen molar-refractivity contribution >= 4 is 45.2 Å². The van der Waals surface area contributed by atoms with Gasteiger partial charge in [-0.1, -0.05) is 12.1 Å². The van der Waals surface area contributed by atoms with E-state index in [1.807, 2.05) is 36.5 Å². The summed E-state index contributed by atoms with van der Waals surface area (Å²) in [6.45, 7) is 4.21. The average Bonchev–Trinajstić information content (AvgIpc) is 3.32. The largest absolute Gasteiger partial charge is 0.354 e. The molecule has 28 heavy (non-hydrogen) atoms. The topological polar surface area (TPSA) is 65.1 Å². The minimum Gasteiger partial charge on any atom is -0.354 e. The molecule has 1 aliphatic heterocycles. The number of hydrogen-bond donors (Lipinski definition) is 1. The van der Waals surface area contributed by atoms with Gasteiger partial charge in [0.25, 0.3) is 0 Å². The second-order valence-corrected chi connectivity index (χ2v) is 9.25. The Morgan fingerprint density at radius 1 is 1.11 bits per heavy atom. The van der Waals surface area contributed by atoms with Crippen molar-refractivity contribution in [3.63, 3.8) is 0 Å². The quantitative estimate of drug-likeness (QED) is 0.452. The first-order valence-corrected chi connectivity index (χ1v) is 10.7. The number of nitrogens with zero attached hydrogens (tertiary/aromatic N) is 4. The van der Waals surface area contributed by atoms with Gasteiger partial charge in [-0.05, 0) is 53.6 Å². The van der Waals surface area contributed by atoms with E-state index in [4.69, 9.17) is 0 Å². The van der Waals surface area contributed by atoms with Crippen molar-refractivity contribution in [1.82, 2.24) is 19.9 Å². The van der Waals surface area contributed by atoms with Crippen LogP contribution in [0.3, 0.4) is 0 Å². The summed E-state index contributed by atoms with van der Waals surface area (Å²) in [7, 11) is 0. The molecule has 1 N–H and O–H groups in total. The van der Waals surface area contributed by atoms with E-state index in [9.17, 15) is 4.79 Å². The number of Topliss-reactive ketones (excluding diaryl/α,β-unsaturated/α-hetero) is 1. The number of H-pyrrole nitrogens is 1. The van der Waals surface area contributed by atoms with Gasteiger partial charge < -0.3 is 9.88 Å². The summed E-state index contributed by atoms with van der Waals surface area (Å²) in [4.78, 5) is 29.6. The van der Waals surface area contributed by atoms with Crippen LogP contribution in [0.25, 0.3) is 11.0 Å². The maximum atomic E-state index is 12.8. The molecule has 1 spiro atoms. The van der Waals surface area contributed by atoms with Gasteiger partial charge in [0.05, 0.1) is 11.9 Å². The molecule has 0 radical (unpaired) electrons. The van der Waals surface area contributed by atoms with Crippen molar-refractivity contribution in [3.05, 3.63) is 52.0 Å². The fourth-order valence-corrected chi connectivity index (χ4v) is 4.56. The van der Waals surface area contributed by atoms with Crippen LogP contribution in [0.5, 0.6) is 0 Å². The fourth-order valence-electron chi connectivity index (χ4n) is 4.20. The zero-order valence-corrected chi connectivity index (χ0v) is 17.7. The van der Waals surface area contributed by atoms with Crippen molar-refractivity contribution in [2.45, 2.75) is 12.8 Å². The lowest BCUT2D eigenvalue weighted by Crippen LogP contribution is -2.35. The maximum absolute atomic E-state index is 12.8. The lowest BCUT2D eigenvalue weighted by molar-refractivity contribution is 0.0924. The zero-order chi connectivity index (χ0) is 19.1. The molecule has 2 aromatic heterocycles. The number of halogens is 1. The first kappa shape index (κ1) is 18.1. The second kappa shape index (κ2) is 7.11. The summed E-state index contributed by atoms with van der Waals surface area (Å²) in [6.07, 6.45) is 5.99. The highest BCUT2D eigenvalue weighted by atomic mass is 127. The molecule has 1 aromatic carbocycles. The average molecular weight is 487 g/mol. The summed E-state index contributed by atoms with van der Waals surface area (Å²) in [5.41, 5.74) is 1.97. The Morgan fingerprint density at radius 2 is 1.93 bits per heavy atom. The number of aromatic amines is 1. The number of carbonyl (C=O) groups excluding carboxylic acids is 1. The van der Waals surface area contributed by atoms with Crippen molar-refractivity contribution in [2.24, 2.45) is 5.41 Å². The van der Waals surface area contributed by atoms with Gasteiger partial charge >= 0.3 is 0 Å². The Morgan fingerprint density at radius 3 is 2.71 bits per heavy atom. The molecule has 3 aromatic rings. The van der Waals surface area contributed by atoms with E-state index in [-0.39, 0.29) is 11.2 Å². The predicted octanol–water partition coefficient (Wildman–Crippen LogP) is 3.35. The van der Waals surface area contributed by atoms with E-state index in [2.05, 4.69) is 47.3 Å². The van der Waals surface area contributed by atoms with Crippen LogP contribution in [0.2, 0.25) is 0 Å². The summed E-state index contributed by atoms with van der Waals surface area (Å²) in [5.74, 6) is 1.21. The fraction of sp³-hybridized carbons (Fsp3) is 0.381. The van der Waals surface area contributed by atoms with Gasteiger partial charge in [0.2, 0.25) is 0 Å². The molecule has 7 heteroatoms. The number of carbonyl (C=O) groups is 1. The molecule has 3 heterocycles. The number of aromatic nitrogens is 3. The highest BCUT2D eigenvalue weighted by molar-refractivity contribution is 14.1. The van der Waals surface area contributed by atoms with E-state index in [0.717, 1.165) is 52.2 Å². The van der Waals surface area contributed by atoms with Crippen LogP contribution < -0.4 is 4.90 Å². The Labute approximate surface area is 177 Å². The molecule has 0 unspecified atom stereocenters. The van der Waals surface area contributed by atoms with E-state index in [1.165, 1.54) is 12.8 Å². The summed E-state index contributed by atoms with van der Waals surface area (Å²) < 4.78 is 1.15. The van der Waals surface area contributed by atoms with E-state index in [0.29, 0.717) is 6.54 Å². The van der Waals surface area contributed by atoms with Crippen molar-refractivity contribution in [2.75, 3.05) is 37.6 Å². The molecular formula is C21H22IN5O. The molecule has 5 rings (SSSR count). The normalized spacial score (nSPS) is 19.1. The smallest absolute Gasteiger partial charge is 0.176 e. The van der Waals surface area contributed by atoms with Gasteiger partial charge in [-0.3, -0.25) is 9.69 Å². The monoisotopic (exact) mass is 487 g/mol. The molecule has 6 nitrogen and oxygen atoms in total. The minimum absolute atomic E-state index is 0.204. The van der Waals surface area contributed by atoms with E-state index in [1.54, 1.807) is 6.33 Å². The highest BCUT2D eigenvalue weighted by Crippen LogP contribution is 2.48. The molecule has 1 saturated carbocycles. The first-order chi connectivity index (χ1) is 13.6. The lowest BCUT2D eigenvalue weighted by Gasteiger charge is -2.25. The van der Waals surface area contributed by atoms with Crippen molar-refractivity contribution < 1.29 is 4.79 Å². The predicted molar refractivity (Wildman–Crippen MR) is 118 cm³/mol. The molecule has 2 aliphatic rings. The van der Waals surface area contributed by atoms with Gasteiger partial charge in [-0.25, -0.2) is 9.97 Å². The Kier molecular flexibility index (Phi) is 4.59. The van der Waals surface area contributed by atoms with E-state index >= 15 is 0 Å². The third kappa shape index (κ3) is 3.53. The van der Waals surface area contributed by atoms with Gasteiger partial charge in [-0.2, -0.15) is 0 Å². The number of ketones is 1. The van der Waals surface area contributed by atoms with Crippen molar-refractivity contribution in [3.8, 4) is 0 Å². The van der Waals surface area contributed by atoms with Crippen LogP contribution in [0.4, 0.5) is 5.82 Å². The zero-order valence-electron chi connectivity index (χ0n) is 15.6. The molecule has 2 fully saturated rings. The summed E-state index contributed by atoms with van der Waals surface area (Å²) in [5, 5.41) is 1.07. The molecule has 144 valence electrons. The second-order valence-electron chi connectivity index (χ2n) is 8.00. The van der Waals surface area contributed by atoms with Crippen LogP contribution in [0, 0.1) is 8.99 Å². The third-order valence-electron chi connectivity index (χ3n) is 5.89. The first-order valence-electron chi connectivity index (χ1n) is 9.66. The van der Waals surface area contributed by atoms with Crippen LogP contribution in [0.1, 0.15) is 23.2 Å². The number of anilines is 1. The van der Waals surface area contributed by atoms with Gasteiger partial charge in [0, 0.05) is 46.9 Å². The van der Waals surface area contributed by atoms with Crippen molar-refractivity contribution in [1.29, 1.82) is 0 Å². The third-order valence-corrected chi connectivity index (χ3v) is 6.61. The molecule has 1 aliphatic carbocycles. The Balaban J connectivity index is 1.34. The summed E-state index contributed by atoms with van der Waals surface area (Å²) in [6, 6.07) is 9.91. The Bertz CT molecular complexity index is 1010. The Hall–Kier alpha value is -2.00. The number of nitrogens with one attached hydrogen (secondary N) is 1. The summed E-state index contributed by atoms with van der Waals surface area (Å²) >= 11 is 2.27. The van der Waals surface area contributed by atoms with Gasteiger partial charge in [-0.15, -0.1) is 0 Å². The molecule has 1 saturated heterocycles. The molecular weight excluding hydrogens is 465 g/mol. The molecule has 0 bridgehead atoms. The standard InChI is InChI=1S/C21H22IN5O/c22-16-3-1-15(2-4-16)18(28)11-26-9-10-27(13-21(12-26)6-7-21)20-17-5-8-23-19(17)24-14-25-20/h1-5,8,14H,6-7,9-13H2,(H,23,24,25). The van der Waals surface area contributed by atoms with Crippen LogP contribution >= 0.6 is 22.6 Å². The van der Waals surface area contributed by atoms with Crippen LogP contribution in [-0.4, -0.2) is 58.4 Å². The maximum Gasteiger partial charge on any atom is 0.176 e. The van der Waals surface area contributed by atoms with Gasteiger partial charge in [0.1, 0.15) is 17.8 Å². The van der Waals surface area contributed by atoms with Crippen LogP contribution in [-0.2, 0) is 0 Å². The highest BCUT2D eigenvalue weighted by Gasteiger charge is 2.47. The number of rotatable bonds is 4. The SMILES string of the molecule is O=C(CN1CCN(c2ncnc3[nH]ccc23)CC2(CC2)C1)c1ccc(I)cc1. The van der Waals surface area contributed by atoms with Crippen LogP contribution in [0.15, 0.2) is 42.9 Å².